The summed E-state index contributed by atoms with van der Waals surface area (Å²) in [5.74, 6) is 2.84. The van der Waals surface area contributed by atoms with Gasteiger partial charge in [0.1, 0.15) is 0 Å². The molecule has 0 aliphatic heterocycles. The molecule has 4 rings (SSSR count). The lowest BCUT2D eigenvalue weighted by Gasteiger charge is -2.65. The number of rotatable bonds is 0. The van der Waals surface area contributed by atoms with Gasteiger partial charge in [-0.3, -0.25) is 0 Å². The minimum absolute atomic E-state index is 0.0381. The van der Waals surface area contributed by atoms with Gasteiger partial charge in [0.25, 0.3) is 0 Å². The molecule has 4 saturated carbocycles. The third kappa shape index (κ3) is 2.58. The Morgan fingerprint density at radius 2 is 1.24 bits per heavy atom. The van der Waals surface area contributed by atoms with Crippen LogP contribution in [0, 0.1) is 39.4 Å². The average Bonchev–Trinajstić information content (AvgIpc) is 2.81. The molecule has 0 aromatic carbocycles. The largest absolute Gasteiger partial charge is 0.393 e. The van der Waals surface area contributed by atoms with Crippen molar-refractivity contribution in [3.63, 3.8) is 0 Å². The highest BCUT2D eigenvalue weighted by atomic mass is 16.3. The average molecular weight is 349 g/mol. The minimum Gasteiger partial charge on any atom is -0.393 e. The smallest absolute Gasteiger partial charge is 0.0545 e. The first-order valence-corrected chi connectivity index (χ1v) is 11.3. The van der Waals surface area contributed by atoms with Crippen molar-refractivity contribution in [3.05, 3.63) is 0 Å². The number of aliphatic hydroxyl groups is 1. The van der Waals surface area contributed by atoms with Crippen LogP contribution in [-0.2, 0) is 0 Å². The Morgan fingerprint density at radius 1 is 0.680 bits per heavy atom. The summed E-state index contributed by atoms with van der Waals surface area (Å²) in [6.07, 6.45) is 11.9. The zero-order valence-electron chi connectivity index (χ0n) is 18.1. The van der Waals surface area contributed by atoms with Crippen LogP contribution in [0.15, 0.2) is 0 Å². The van der Waals surface area contributed by atoms with Gasteiger partial charge in [0.05, 0.1) is 6.10 Å². The topological polar surface area (TPSA) is 20.2 Å². The van der Waals surface area contributed by atoms with E-state index in [4.69, 9.17) is 0 Å². The summed E-state index contributed by atoms with van der Waals surface area (Å²) in [5, 5.41) is 10.3. The Morgan fingerprint density at radius 3 is 1.92 bits per heavy atom. The molecule has 7 atom stereocenters. The fourth-order valence-corrected chi connectivity index (χ4v) is 8.11. The van der Waals surface area contributed by atoms with Crippen molar-refractivity contribution in [3.8, 4) is 0 Å². The maximum Gasteiger partial charge on any atom is 0.0545 e. The first-order chi connectivity index (χ1) is 11.6. The zero-order chi connectivity index (χ0) is 18.7. The molecular formula is C24H44O. The van der Waals surface area contributed by atoms with Gasteiger partial charge in [-0.15, -0.1) is 0 Å². The van der Waals surface area contributed by atoms with Crippen LogP contribution >= 0.6 is 0 Å². The molecule has 0 radical (unpaired) electrons. The van der Waals surface area contributed by atoms with Crippen molar-refractivity contribution in [1.82, 2.24) is 0 Å². The lowest BCUT2D eigenvalue weighted by molar-refractivity contribution is -0.174. The predicted octanol–water partition coefficient (Wildman–Crippen LogP) is 6.83. The highest BCUT2D eigenvalue weighted by Gasteiger charge is 2.64. The molecule has 4 aliphatic carbocycles. The molecule has 4 aliphatic rings. The summed E-state index contributed by atoms with van der Waals surface area (Å²) in [6, 6.07) is 0. The summed E-state index contributed by atoms with van der Waals surface area (Å²) in [7, 11) is 0. The molecule has 0 heterocycles. The Balaban J connectivity index is 0.000000880. The van der Waals surface area contributed by atoms with Crippen molar-refractivity contribution in [2.45, 2.75) is 112 Å². The van der Waals surface area contributed by atoms with Crippen LogP contribution < -0.4 is 0 Å². The third-order valence-electron chi connectivity index (χ3n) is 10.4. The zero-order valence-corrected chi connectivity index (χ0v) is 18.1. The van der Waals surface area contributed by atoms with E-state index in [9.17, 15) is 5.11 Å². The van der Waals surface area contributed by atoms with E-state index >= 15 is 0 Å². The van der Waals surface area contributed by atoms with Gasteiger partial charge in [-0.2, -0.15) is 0 Å². The second-order valence-corrected chi connectivity index (χ2v) is 11.2. The van der Waals surface area contributed by atoms with Gasteiger partial charge in [-0.05, 0) is 97.2 Å². The lowest BCUT2D eigenvalue weighted by Crippen LogP contribution is -2.58. The maximum atomic E-state index is 10.3. The molecule has 4 fully saturated rings. The van der Waals surface area contributed by atoms with Crippen LogP contribution in [0.1, 0.15) is 106 Å². The maximum absolute atomic E-state index is 10.3. The molecule has 1 nitrogen and oxygen atoms in total. The monoisotopic (exact) mass is 348 g/mol. The lowest BCUT2D eigenvalue weighted by atomic mass is 9.40. The predicted molar refractivity (Wildman–Crippen MR) is 107 cm³/mol. The van der Waals surface area contributed by atoms with Crippen LogP contribution in [0.25, 0.3) is 0 Å². The standard InChI is InChI=1S/C22H38O.C2H6/c1-19(2)10-8-17-16-7-11-20(3)14-15(23)6-12-22(20,5)18(16)9-13-21(17,19)4;1-2/h15-18,23H,6-14H2,1-5H3;1-2H3/t15-,16?,17?,18?,20+,21?,22?;/m1./s1. The SMILES string of the molecule is CC.CC1(C)CCC2C3CC[C@@]4(C)C[C@H](O)CCC4(C)C3CCC21C. The molecule has 25 heavy (non-hydrogen) atoms. The van der Waals surface area contributed by atoms with Gasteiger partial charge in [0, 0.05) is 0 Å². The second kappa shape index (κ2) is 6.25. The second-order valence-electron chi connectivity index (χ2n) is 11.2. The van der Waals surface area contributed by atoms with E-state index in [1.54, 1.807) is 0 Å². The van der Waals surface area contributed by atoms with E-state index in [0.29, 0.717) is 21.7 Å². The van der Waals surface area contributed by atoms with E-state index in [0.717, 1.165) is 30.6 Å². The van der Waals surface area contributed by atoms with Crippen molar-refractivity contribution >= 4 is 0 Å². The molecule has 0 saturated heterocycles. The summed E-state index contributed by atoms with van der Waals surface area (Å²) >= 11 is 0. The van der Waals surface area contributed by atoms with Gasteiger partial charge in [-0.1, -0.05) is 48.5 Å². The van der Waals surface area contributed by atoms with Gasteiger partial charge >= 0.3 is 0 Å². The van der Waals surface area contributed by atoms with Crippen LogP contribution in [0.2, 0.25) is 0 Å². The van der Waals surface area contributed by atoms with Crippen molar-refractivity contribution in [2.24, 2.45) is 39.4 Å². The van der Waals surface area contributed by atoms with E-state index in [1.165, 1.54) is 44.9 Å². The summed E-state index contributed by atoms with van der Waals surface area (Å²) < 4.78 is 0. The molecule has 0 aromatic rings. The normalized spacial score (nSPS) is 53.8. The Bertz CT molecular complexity index is 496. The van der Waals surface area contributed by atoms with Gasteiger partial charge in [0.2, 0.25) is 0 Å². The van der Waals surface area contributed by atoms with E-state index < -0.39 is 0 Å². The van der Waals surface area contributed by atoms with Gasteiger partial charge in [-0.25, -0.2) is 0 Å². The quantitative estimate of drug-likeness (QED) is 0.508. The molecule has 5 unspecified atom stereocenters. The van der Waals surface area contributed by atoms with Crippen LogP contribution in [0.5, 0.6) is 0 Å². The number of fused-ring (bicyclic) bond motifs is 5. The Hall–Kier alpha value is -0.0400. The highest BCUT2D eigenvalue weighted by Crippen LogP contribution is 2.72. The molecule has 146 valence electrons. The molecule has 1 N–H and O–H groups in total. The van der Waals surface area contributed by atoms with E-state index in [1.807, 2.05) is 13.8 Å². The first kappa shape index (κ1) is 19.7. The summed E-state index contributed by atoms with van der Waals surface area (Å²) in [4.78, 5) is 0. The van der Waals surface area contributed by atoms with Crippen molar-refractivity contribution < 1.29 is 5.11 Å². The van der Waals surface area contributed by atoms with Crippen LogP contribution in [0.4, 0.5) is 0 Å². The van der Waals surface area contributed by atoms with Crippen LogP contribution in [0.3, 0.4) is 0 Å². The van der Waals surface area contributed by atoms with Crippen molar-refractivity contribution in [1.29, 1.82) is 0 Å². The first-order valence-electron chi connectivity index (χ1n) is 11.3. The minimum atomic E-state index is -0.0381. The van der Waals surface area contributed by atoms with E-state index in [-0.39, 0.29) is 6.10 Å². The van der Waals surface area contributed by atoms with Gasteiger partial charge < -0.3 is 5.11 Å². The molecule has 0 bridgehead atoms. The summed E-state index contributed by atoms with van der Waals surface area (Å²) in [6.45, 7) is 16.8. The molecule has 0 amide bonds. The fraction of sp³-hybridized carbons (Fsp3) is 1.00. The Kier molecular flexibility index (Phi) is 4.93. The van der Waals surface area contributed by atoms with Crippen LogP contribution in [-0.4, -0.2) is 11.2 Å². The molecule has 1 heteroatoms. The summed E-state index contributed by atoms with van der Waals surface area (Å²) in [5.41, 5.74) is 1.97. The fourth-order valence-electron chi connectivity index (χ4n) is 8.11. The van der Waals surface area contributed by atoms with Crippen molar-refractivity contribution in [2.75, 3.05) is 0 Å². The molecular weight excluding hydrogens is 304 g/mol. The molecule has 0 spiro atoms. The highest BCUT2D eigenvalue weighted by molar-refractivity contribution is 5.13. The third-order valence-corrected chi connectivity index (χ3v) is 10.4. The van der Waals surface area contributed by atoms with Gasteiger partial charge in [0.15, 0.2) is 0 Å². The number of hydrogen-bond acceptors (Lipinski definition) is 1. The van der Waals surface area contributed by atoms with E-state index in [2.05, 4.69) is 34.6 Å². The number of aliphatic hydroxyl groups excluding tert-OH is 1. The molecule has 0 aromatic heterocycles. The number of hydrogen-bond donors (Lipinski definition) is 1. The Labute approximate surface area is 157 Å².